The van der Waals surface area contributed by atoms with Crippen molar-refractivity contribution >= 4 is 53.8 Å². The summed E-state index contributed by atoms with van der Waals surface area (Å²) < 4.78 is 68.9. The van der Waals surface area contributed by atoms with Crippen molar-refractivity contribution in [2.45, 2.75) is 9.79 Å². The number of hydrogen-bond donors (Lipinski definition) is 1. The zero-order valence-electron chi connectivity index (χ0n) is 19.5. The molecule has 0 fully saturated rings. The van der Waals surface area contributed by atoms with Crippen LogP contribution in [0.15, 0.2) is 109 Å². The quantitative estimate of drug-likeness (QED) is 0.183. The molecular weight excluding hydrogens is 542 g/mol. The van der Waals surface area contributed by atoms with Crippen LogP contribution in [-0.4, -0.2) is 31.0 Å². The van der Waals surface area contributed by atoms with Gasteiger partial charge in [0.15, 0.2) is 5.75 Å². The van der Waals surface area contributed by atoms with Crippen LogP contribution < -0.4 is 59.1 Å². The molecule has 4 aromatic carbocycles. The third-order valence-corrected chi connectivity index (χ3v) is 6.41. The Kier molecular flexibility index (Phi) is 10.7. The summed E-state index contributed by atoms with van der Waals surface area (Å²) in [5.74, 6) is -0.956. The fourth-order valence-electron chi connectivity index (χ4n) is 3.08. The van der Waals surface area contributed by atoms with Crippen molar-refractivity contribution in [2.24, 2.45) is 20.5 Å². The van der Waals surface area contributed by atoms with Crippen LogP contribution in [-0.2, 0) is 20.2 Å². The predicted octanol–water partition coefficient (Wildman–Crippen LogP) is -0.808. The first kappa shape index (κ1) is 31.2. The fraction of sp³-hybridized carbons (Fsp3) is 0. The van der Waals surface area contributed by atoms with E-state index >= 15 is 0 Å². The number of rotatable bonds is 6. The van der Waals surface area contributed by atoms with Crippen LogP contribution in [0.1, 0.15) is 0 Å². The van der Waals surface area contributed by atoms with Gasteiger partial charge in [-0.25, -0.2) is 16.8 Å². The van der Waals surface area contributed by atoms with Crippen LogP contribution >= 0.6 is 0 Å². The van der Waals surface area contributed by atoms with E-state index in [-0.39, 0.29) is 75.6 Å². The van der Waals surface area contributed by atoms with E-state index in [2.05, 4.69) is 20.5 Å². The van der Waals surface area contributed by atoms with E-state index in [9.17, 15) is 31.0 Å². The smallest absolute Gasteiger partial charge is 0.744 e. The van der Waals surface area contributed by atoms with Gasteiger partial charge in [0.25, 0.3) is 0 Å². The molecule has 4 rings (SSSR count). The molecule has 0 heterocycles. The number of azo groups is 2. The van der Waals surface area contributed by atoms with E-state index in [1.165, 1.54) is 0 Å². The fourth-order valence-corrected chi connectivity index (χ4v) is 4.19. The van der Waals surface area contributed by atoms with E-state index in [4.69, 9.17) is 0 Å². The zero-order valence-corrected chi connectivity index (χ0v) is 25.1. The van der Waals surface area contributed by atoms with Crippen molar-refractivity contribution in [2.75, 3.05) is 0 Å². The number of benzene rings is 4. The predicted molar refractivity (Wildman–Crippen MR) is 123 cm³/mol. The molecule has 0 saturated heterocycles. The Bertz CT molecular complexity index is 1700. The van der Waals surface area contributed by atoms with Gasteiger partial charge < -0.3 is 14.2 Å². The Hall–Kier alpha value is -2.04. The second-order valence-corrected chi connectivity index (χ2v) is 9.84. The first-order valence-electron chi connectivity index (χ1n) is 9.72. The topological polar surface area (TPSA) is 184 Å². The normalized spacial score (nSPS) is 11.9. The average molecular weight is 556 g/mol. The number of fused-ring (bicyclic) bond motifs is 1. The van der Waals surface area contributed by atoms with Gasteiger partial charge >= 0.3 is 59.1 Å². The molecular formula is C22H14N4Na2O7S2. The Balaban J connectivity index is 0.00000241. The summed E-state index contributed by atoms with van der Waals surface area (Å²) in [4.78, 5) is -1.68. The number of hydrogen-bond acceptors (Lipinski definition) is 11. The van der Waals surface area contributed by atoms with E-state index in [0.29, 0.717) is 17.1 Å². The molecule has 0 unspecified atom stereocenters. The Labute approximate surface area is 256 Å². The Morgan fingerprint density at radius 1 is 0.622 bits per heavy atom. The summed E-state index contributed by atoms with van der Waals surface area (Å²) in [6.07, 6.45) is 0. The number of aromatic hydroxyl groups is 1. The first-order chi connectivity index (χ1) is 16.5. The van der Waals surface area contributed by atoms with Gasteiger partial charge in [-0.3, -0.25) is 0 Å². The van der Waals surface area contributed by atoms with Crippen LogP contribution in [0.4, 0.5) is 22.7 Å². The van der Waals surface area contributed by atoms with Gasteiger partial charge in [-0.05, 0) is 60.0 Å². The minimum absolute atomic E-state index is 0. The second kappa shape index (κ2) is 12.7. The van der Waals surface area contributed by atoms with Crippen molar-refractivity contribution in [3.8, 4) is 5.75 Å². The van der Waals surface area contributed by atoms with Gasteiger partial charge in [0.1, 0.15) is 25.9 Å². The van der Waals surface area contributed by atoms with Crippen molar-refractivity contribution in [3.63, 3.8) is 0 Å². The molecule has 0 aliphatic rings. The molecule has 0 atom stereocenters. The molecule has 4 aromatic rings. The molecule has 11 nitrogen and oxygen atoms in total. The zero-order chi connectivity index (χ0) is 25.2. The molecule has 178 valence electrons. The van der Waals surface area contributed by atoms with Crippen LogP contribution in [0.2, 0.25) is 0 Å². The van der Waals surface area contributed by atoms with Crippen molar-refractivity contribution in [3.05, 3.63) is 78.9 Å². The summed E-state index contributed by atoms with van der Waals surface area (Å²) in [5.41, 5.74) is 1.09. The molecule has 1 N–H and O–H groups in total. The second-order valence-electron chi connectivity index (χ2n) is 7.12. The first-order valence-corrected chi connectivity index (χ1v) is 12.5. The summed E-state index contributed by atoms with van der Waals surface area (Å²) in [6.45, 7) is 0. The van der Waals surface area contributed by atoms with Crippen molar-refractivity contribution < 1.29 is 90.2 Å². The average Bonchev–Trinajstić information content (AvgIpc) is 2.81. The van der Waals surface area contributed by atoms with E-state index in [1.54, 1.807) is 36.4 Å². The maximum atomic E-state index is 11.6. The molecule has 0 radical (unpaired) electrons. The maximum Gasteiger partial charge on any atom is 1.00 e. The van der Waals surface area contributed by atoms with Gasteiger partial charge in [0, 0.05) is 5.39 Å². The van der Waals surface area contributed by atoms with Crippen molar-refractivity contribution in [1.29, 1.82) is 0 Å². The molecule has 0 aliphatic heterocycles. The largest absolute Gasteiger partial charge is 1.00 e. The molecule has 0 spiro atoms. The third-order valence-electron chi connectivity index (χ3n) is 4.73. The van der Waals surface area contributed by atoms with Gasteiger partial charge in [-0.2, -0.15) is 15.3 Å². The van der Waals surface area contributed by atoms with Gasteiger partial charge in [0.05, 0.1) is 26.9 Å². The molecule has 37 heavy (non-hydrogen) atoms. The Morgan fingerprint density at radius 2 is 1.14 bits per heavy atom. The molecule has 0 saturated carbocycles. The minimum atomic E-state index is -5.17. The summed E-state index contributed by atoms with van der Waals surface area (Å²) in [6, 6.07) is 19.1. The standard InChI is InChI=1S/C22H16N4O7S2.2Na/c27-22-20(35(31,32)33)13-14-12-18(34(28,29)30)10-11-19(14)21(22)26-25-17-8-6-16(7-9-17)24-23-15-4-2-1-3-5-15;;/h1-13,27H,(H,28,29,30)(H,31,32,33);;/q;2*+1/p-2. The van der Waals surface area contributed by atoms with Crippen LogP contribution in [0.25, 0.3) is 10.8 Å². The van der Waals surface area contributed by atoms with Crippen LogP contribution in [0.5, 0.6) is 5.75 Å². The molecule has 0 bridgehead atoms. The van der Waals surface area contributed by atoms with E-state index in [1.807, 2.05) is 18.2 Å². The molecule has 0 aromatic heterocycles. The maximum absolute atomic E-state index is 11.6. The van der Waals surface area contributed by atoms with Gasteiger partial charge in [-0.15, -0.1) is 5.11 Å². The number of nitrogens with zero attached hydrogens (tertiary/aromatic N) is 4. The summed E-state index contributed by atoms with van der Waals surface area (Å²) >= 11 is 0. The summed E-state index contributed by atoms with van der Waals surface area (Å²) in [7, 11) is -10.0. The summed E-state index contributed by atoms with van der Waals surface area (Å²) in [5, 5.41) is 26.4. The van der Waals surface area contributed by atoms with E-state index < -0.39 is 35.8 Å². The van der Waals surface area contributed by atoms with Gasteiger partial charge in [-0.1, -0.05) is 24.3 Å². The number of phenolic OH excluding ortho intramolecular Hbond substituents is 1. The Morgan fingerprint density at radius 3 is 1.65 bits per heavy atom. The third kappa shape index (κ3) is 7.74. The molecule has 0 aliphatic carbocycles. The van der Waals surface area contributed by atoms with Gasteiger partial charge in [0.2, 0.25) is 0 Å². The SMILES string of the molecule is O=S(=O)([O-])c1ccc2c(N=Nc3ccc(N=Nc4ccccc4)cc3)c(O)c(S(=O)(=O)[O-])cc2c1.[Na+].[Na+]. The number of phenols is 1. The van der Waals surface area contributed by atoms with Crippen molar-refractivity contribution in [1.82, 2.24) is 0 Å². The van der Waals surface area contributed by atoms with E-state index in [0.717, 1.165) is 24.3 Å². The molecule has 15 heteroatoms. The monoisotopic (exact) mass is 556 g/mol. The van der Waals surface area contributed by atoms with Crippen LogP contribution in [0.3, 0.4) is 0 Å². The minimum Gasteiger partial charge on any atom is -0.744 e. The molecule has 0 amide bonds. The van der Waals surface area contributed by atoms with Crippen LogP contribution in [0, 0.1) is 0 Å².